The van der Waals surface area contributed by atoms with Crippen LogP contribution in [0.4, 0.5) is 0 Å². The van der Waals surface area contributed by atoms with E-state index in [1.807, 2.05) is 19.2 Å². The Hall–Kier alpha value is -2.12. The summed E-state index contributed by atoms with van der Waals surface area (Å²) in [7, 11) is -3.57. The van der Waals surface area contributed by atoms with Crippen molar-refractivity contribution < 1.29 is 8.42 Å². The Morgan fingerprint density at radius 3 is 2.68 bits per heavy atom. The Balaban J connectivity index is 1.77. The van der Waals surface area contributed by atoms with Crippen LogP contribution in [0.1, 0.15) is 29.4 Å². The molecule has 0 bridgehead atoms. The highest BCUT2D eigenvalue weighted by molar-refractivity contribution is 7.89. The normalized spacial score (nSPS) is 12.2. The van der Waals surface area contributed by atoms with Crippen LogP contribution < -0.4 is 4.72 Å². The number of nitrogens with zero attached hydrogens (tertiary/aromatic N) is 2. The molecule has 134 valence electrons. The van der Waals surface area contributed by atoms with Crippen molar-refractivity contribution in [1.82, 2.24) is 19.5 Å². The van der Waals surface area contributed by atoms with Crippen LogP contribution in [-0.2, 0) is 23.0 Å². The predicted octanol–water partition coefficient (Wildman–Crippen LogP) is 2.83. The van der Waals surface area contributed by atoms with E-state index in [0.717, 1.165) is 16.5 Å². The Morgan fingerprint density at radius 1 is 1.24 bits per heavy atom. The minimum Gasteiger partial charge on any atom is -0.361 e. The number of fused-ring (bicyclic) bond motifs is 1. The molecule has 0 atom stereocenters. The summed E-state index contributed by atoms with van der Waals surface area (Å²) in [6.07, 6.45) is 2.58. The maximum Gasteiger partial charge on any atom is 0.244 e. The van der Waals surface area contributed by atoms with Crippen LogP contribution in [0.3, 0.4) is 0 Å². The first-order valence-corrected chi connectivity index (χ1v) is 9.92. The third-order valence-electron chi connectivity index (χ3n) is 4.49. The second-order valence-electron chi connectivity index (χ2n) is 6.33. The van der Waals surface area contributed by atoms with Gasteiger partial charge in [0.2, 0.25) is 10.0 Å². The summed E-state index contributed by atoms with van der Waals surface area (Å²) in [6.45, 7) is 8.52. The highest BCUT2D eigenvalue weighted by atomic mass is 32.2. The minimum absolute atomic E-state index is 0.295. The number of H-pyrrole nitrogens is 1. The molecular weight excluding hydrogens is 336 g/mol. The summed E-state index contributed by atoms with van der Waals surface area (Å²) >= 11 is 0. The van der Waals surface area contributed by atoms with Crippen molar-refractivity contribution in [3.8, 4) is 0 Å². The van der Waals surface area contributed by atoms with Gasteiger partial charge in [0.25, 0.3) is 0 Å². The highest BCUT2D eigenvalue weighted by Gasteiger charge is 2.23. The number of hydrogen-bond donors (Lipinski definition) is 2. The summed E-state index contributed by atoms with van der Waals surface area (Å²) in [6, 6.07) is 6.22. The molecule has 7 heteroatoms. The molecule has 2 heterocycles. The Kier molecular flexibility index (Phi) is 4.71. The SMILES string of the molecule is CCn1nc(C)c(S(=O)(=O)NCCc2c[nH]c3ccc(C)cc23)c1C. The van der Waals surface area contributed by atoms with E-state index in [1.54, 1.807) is 18.5 Å². The van der Waals surface area contributed by atoms with Gasteiger partial charge in [-0.3, -0.25) is 4.68 Å². The van der Waals surface area contributed by atoms with Crippen LogP contribution >= 0.6 is 0 Å². The molecule has 0 saturated carbocycles. The summed E-state index contributed by atoms with van der Waals surface area (Å²) in [5, 5.41) is 5.44. The topological polar surface area (TPSA) is 79.8 Å². The van der Waals surface area contributed by atoms with Gasteiger partial charge in [-0.15, -0.1) is 0 Å². The average Bonchev–Trinajstić information content (AvgIpc) is 3.07. The smallest absolute Gasteiger partial charge is 0.244 e. The molecule has 1 aromatic carbocycles. The van der Waals surface area contributed by atoms with E-state index in [9.17, 15) is 8.42 Å². The zero-order valence-electron chi connectivity index (χ0n) is 15.0. The molecule has 0 spiro atoms. The van der Waals surface area contributed by atoms with Crippen LogP contribution in [0.2, 0.25) is 0 Å². The molecule has 0 unspecified atom stereocenters. The van der Waals surface area contributed by atoms with Crippen molar-refractivity contribution in [2.75, 3.05) is 6.54 Å². The van der Waals surface area contributed by atoms with Gasteiger partial charge in [-0.25, -0.2) is 13.1 Å². The summed E-state index contributed by atoms with van der Waals surface area (Å²) in [4.78, 5) is 3.53. The van der Waals surface area contributed by atoms with Gasteiger partial charge in [0.15, 0.2) is 0 Å². The zero-order chi connectivity index (χ0) is 18.2. The van der Waals surface area contributed by atoms with Crippen LogP contribution in [0.15, 0.2) is 29.3 Å². The number of sulfonamides is 1. The Labute approximate surface area is 148 Å². The predicted molar refractivity (Wildman–Crippen MR) is 99.3 cm³/mol. The molecule has 0 aliphatic carbocycles. The molecule has 0 aliphatic heterocycles. The quantitative estimate of drug-likeness (QED) is 0.709. The van der Waals surface area contributed by atoms with Crippen LogP contribution in [0.5, 0.6) is 0 Å². The lowest BCUT2D eigenvalue weighted by Gasteiger charge is -2.07. The van der Waals surface area contributed by atoms with Crippen molar-refractivity contribution >= 4 is 20.9 Å². The lowest BCUT2D eigenvalue weighted by molar-refractivity contribution is 0.579. The summed E-state index contributed by atoms with van der Waals surface area (Å²) in [5.41, 5.74) is 4.58. The van der Waals surface area contributed by atoms with Gasteiger partial charge in [-0.05, 0) is 51.8 Å². The van der Waals surface area contributed by atoms with E-state index in [0.29, 0.717) is 35.8 Å². The van der Waals surface area contributed by atoms with Gasteiger partial charge in [-0.2, -0.15) is 5.10 Å². The second-order valence-corrected chi connectivity index (χ2v) is 8.03. The summed E-state index contributed by atoms with van der Waals surface area (Å²) in [5.74, 6) is 0. The van der Waals surface area contributed by atoms with E-state index in [4.69, 9.17) is 0 Å². The van der Waals surface area contributed by atoms with Gasteiger partial charge >= 0.3 is 0 Å². The molecule has 6 nitrogen and oxygen atoms in total. The Bertz CT molecular complexity index is 1020. The van der Waals surface area contributed by atoms with Crippen molar-refractivity contribution in [2.24, 2.45) is 0 Å². The molecular formula is C18H24N4O2S. The lowest BCUT2D eigenvalue weighted by Crippen LogP contribution is -2.27. The number of benzene rings is 1. The van der Waals surface area contributed by atoms with Crippen LogP contribution in [0, 0.1) is 20.8 Å². The average molecular weight is 360 g/mol. The second kappa shape index (κ2) is 6.65. The minimum atomic E-state index is -3.57. The van der Waals surface area contributed by atoms with Crippen molar-refractivity contribution in [2.45, 2.75) is 45.6 Å². The molecule has 0 saturated heterocycles. The maximum atomic E-state index is 12.7. The molecule has 3 rings (SSSR count). The largest absolute Gasteiger partial charge is 0.361 e. The first kappa shape index (κ1) is 17.7. The third kappa shape index (κ3) is 3.34. The lowest BCUT2D eigenvalue weighted by atomic mass is 10.1. The monoisotopic (exact) mass is 360 g/mol. The van der Waals surface area contributed by atoms with Gasteiger partial charge in [0.1, 0.15) is 4.90 Å². The molecule has 25 heavy (non-hydrogen) atoms. The van der Waals surface area contributed by atoms with E-state index in [1.165, 1.54) is 5.56 Å². The fraction of sp³-hybridized carbons (Fsp3) is 0.389. The first-order chi connectivity index (χ1) is 11.8. The van der Waals surface area contributed by atoms with E-state index >= 15 is 0 Å². The number of rotatable bonds is 6. The molecule has 0 amide bonds. The van der Waals surface area contributed by atoms with Crippen molar-refractivity contribution in [3.05, 3.63) is 46.9 Å². The van der Waals surface area contributed by atoms with Gasteiger partial charge in [0, 0.05) is 30.2 Å². The molecule has 2 N–H and O–H groups in total. The van der Waals surface area contributed by atoms with Crippen LogP contribution in [0.25, 0.3) is 10.9 Å². The van der Waals surface area contributed by atoms with E-state index in [2.05, 4.69) is 33.9 Å². The number of aryl methyl sites for hydroxylation is 3. The third-order valence-corrected chi connectivity index (χ3v) is 6.21. The van der Waals surface area contributed by atoms with E-state index in [-0.39, 0.29) is 0 Å². The molecule has 0 radical (unpaired) electrons. The van der Waals surface area contributed by atoms with Crippen LogP contribution in [-0.4, -0.2) is 29.7 Å². The standard InChI is InChI=1S/C18H24N4O2S/c1-5-22-14(4)18(13(3)21-22)25(23,24)20-9-8-15-11-19-17-7-6-12(2)10-16(15)17/h6-7,10-11,19-20H,5,8-9H2,1-4H3. The van der Waals surface area contributed by atoms with Gasteiger partial charge in [-0.1, -0.05) is 11.6 Å². The highest BCUT2D eigenvalue weighted by Crippen LogP contribution is 2.21. The molecule has 0 aliphatic rings. The van der Waals surface area contributed by atoms with Crippen molar-refractivity contribution in [3.63, 3.8) is 0 Å². The fourth-order valence-corrected chi connectivity index (χ4v) is 4.71. The maximum absolute atomic E-state index is 12.7. The molecule has 0 fully saturated rings. The van der Waals surface area contributed by atoms with E-state index < -0.39 is 10.0 Å². The molecule has 3 aromatic rings. The number of aromatic amines is 1. The Morgan fingerprint density at radius 2 is 2.00 bits per heavy atom. The van der Waals surface area contributed by atoms with Gasteiger partial charge in [0.05, 0.1) is 11.4 Å². The fourth-order valence-electron chi connectivity index (χ4n) is 3.27. The van der Waals surface area contributed by atoms with Gasteiger partial charge < -0.3 is 4.98 Å². The van der Waals surface area contributed by atoms with Crippen molar-refractivity contribution in [1.29, 1.82) is 0 Å². The zero-order valence-corrected chi connectivity index (χ0v) is 15.9. The first-order valence-electron chi connectivity index (χ1n) is 8.43. The number of aromatic nitrogens is 3. The summed E-state index contributed by atoms with van der Waals surface area (Å²) < 4.78 is 29.8. The molecule has 2 aromatic heterocycles. The number of nitrogens with one attached hydrogen (secondary N) is 2. The number of hydrogen-bond acceptors (Lipinski definition) is 3.